The van der Waals surface area contributed by atoms with Crippen LogP contribution in [0, 0.1) is 10.1 Å². The van der Waals surface area contributed by atoms with E-state index < -0.39 is 16.6 Å². The SMILES string of the molecule is CC1(C)CN(C2=Cc3ccccc3C2O)c2cc([N+](=O)[O-])ccc2O1. The van der Waals surface area contributed by atoms with Gasteiger partial charge in [-0.3, -0.25) is 10.1 Å². The number of hydrogen-bond acceptors (Lipinski definition) is 5. The number of ether oxygens (including phenoxy) is 1. The second kappa shape index (κ2) is 5.32. The third-order valence-corrected chi connectivity index (χ3v) is 4.56. The van der Waals surface area contributed by atoms with Crippen LogP contribution in [0.5, 0.6) is 5.75 Å². The number of nitro benzene ring substituents is 1. The third kappa shape index (κ3) is 2.55. The number of benzene rings is 2. The van der Waals surface area contributed by atoms with Gasteiger partial charge in [-0.05, 0) is 37.1 Å². The predicted octanol–water partition coefficient (Wildman–Crippen LogP) is 3.66. The van der Waals surface area contributed by atoms with Crippen LogP contribution >= 0.6 is 0 Å². The molecule has 6 heteroatoms. The summed E-state index contributed by atoms with van der Waals surface area (Å²) in [4.78, 5) is 12.7. The van der Waals surface area contributed by atoms with Crippen molar-refractivity contribution in [2.24, 2.45) is 0 Å². The van der Waals surface area contributed by atoms with E-state index in [9.17, 15) is 15.2 Å². The first kappa shape index (κ1) is 15.7. The minimum Gasteiger partial charge on any atom is -0.484 e. The van der Waals surface area contributed by atoms with E-state index in [1.807, 2.05) is 49.1 Å². The molecule has 0 spiro atoms. The lowest BCUT2D eigenvalue weighted by Crippen LogP contribution is -2.47. The molecule has 25 heavy (non-hydrogen) atoms. The maximum atomic E-state index is 11.2. The fourth-order valence-corrected chi connectivity index (χ4v) is 3.46. The summed E-state index contributed by atoms with van der Waals surface area (Å²) in [6.07, 6.45) is 1.17. The fourth-order valence-electron chi connectivity index (χ4n) is 3.46. The highest BCUT2D eigenvalue weighted by molar-refractivity contribution is 5.75. The Bertz CT molecular complexity index is 904. The first-order chi connectivity index (χ1) is 11.9. The van der Waals surface area contributed by atoms with Gasteiger partial charge in [0.2, 0.25) is 0 Å². The number of aliphatic hydroxyl groups is 1. The van der Waals surface area contributed by atoms with E-state index in [2.05, 4.69) is 0 Å². The molecule has 0 amide bonds. The van der Waals surface area contributed by atoms with Gasteiger partial charge in [0.15, 0.2) is 0 Å². The number of aliphatic hydroxyl groups excluding tert-OH is 1. The van der Waals surface area contributed by atoms with Gasteiger partial charge in [-0.2, -0.15) is 0 Å². The zero-order chi connectivity index (χ0) is 17.8. The molecule has 0 saturated carbocycles. The molecule has 2 aliphatic rings. The lowest BCUT2D eigenvalue weighted by atomic mass is 10.0. The van der Waals surface area contributed by atoms with Gasteiger partial charge in [0.1, 0.15) is 17.5 Å². The van der Waals surface area contributed by atoms with Crippen molar-refractivity contribution in [1.29, 1.82) is 0 Å². The predicted molar refractivity (Wildman–Crippen MR) is 94.5 cm³/mol. The lowest BCUT2D eigenvalue weighted by molar-refractivity contribution is -0.384. The first-order valence-electron chi connectivity index (χ1n) is 8.09. The van der Waals surface area contributed by atoms with Crippen molar-refractivity contribution in [1.82, 2.24) is 0 Å². The number of nitrogens with zero attached hydrogens (tertiary/aromatic N) is 2. The molecular weight excluding hydrogens is 320 g/mol. The average Bonchev–Trinajstić information content (AvgIpc) is 2.90. The molecule has 0 bridgehead atoms. The molecule has 128 valence electrons. The Morgan fingerprint density at radius 1 is 1.28 bits per heavy atom. The van der Waals surface area contributed by atoms with Crippen molar-refractivity contribution in [3.8, 4) is 5.75 Å². The van der Waals surface area contributed by atoms with Crippen molar-refractivity contribution in [2.45, 2.75) is 25.6 Å². The van der Waals surface area contributed by atoms with Gasteiger partial charge in [-0.25, -0.2) is 0 Å². The molecule has 1 unspecified atom stereocenters. The van der Waals surface area contributed by atoms with Gasteiger partial charge in [-0.15, -0.1) is 0 Å². The number of rotatable bonds is 2. The van der Waals surface area contributed by atoms with Crippen molar-refractivity contribution in [3.05, 3.63) is 69.4 Å². The monoisotopic (exact) mass is 338 g/mol. The minimum atomic E-state index is -0.766. The number of nitro groups is 1. The highest BCUT2D eigenvalue weighted by Crippen LogP contribution is 2.45. The molecule has 0 radical (unpaired) electrons. The first-order valence-corrected chi connectivity index (χ1v) is 8.09. The molecule has 1 heterocycles. The van der Waals surface area contributed by atoms with E-state index in [4.69, 9.17) is 4.74 Å². The maximum absolute atomic E-state index is 11.2. The summed E-state index contributed by atoms with van der Waals surface area (Å²) in [5, 5.41) is 22.0. The van der Waals surface area contributed by atoms with Crippen LogP contribution in [0.4, 0.5) is 11.4 Å². The zero-order valence-electron chi connectivity index (χ0n) is 14.0. The van der Waals surface area contributed by atoms with Gasteiger partial charge < -0.3 is 14.7 Å². The van der Waals surface area contributed by atoms with Crippen LogP contribution in [-0.4, -0.2) is 22.2 Å². The molecule has 1 atom stereocenters. The Balaban J connectivity index is 1.83. The Morgan fingerprint density at radius 3 is 2.76 bits per heavy atom. The van der Waals surface area contributed by atoms with Crippen LogP contribution in [0.25, 0.3) is 6.08 Å². The molecule has 4 rings (SSSR count). The zero-order valence-corrected chi connectivity index (χ0v) is 14.0. The number of fused-ring (bicyclic) bond motifs is 2. The van der Waals surface area contributed by atoms with Crippen molar-refractivity contribution in [3.63, 3.8) is 0 Å². The molecule has 1 aliphatic carbocycles. The van der Waals surface area contributed by atoms with E-state index in [0.717, 1.165) is 11.1 Å². The van der Waals surface area contributed by atoms with Gasteiger partial charge in [0.05, 0.1) is 22.9 Å². The van der Waals surface area contributed by atoms with Gasteiger partial charge in [-0.1, -0.05) is 24.3 Å². The molecule has 2 aromatic carbocycles. The van der Waals surface area contributed by atoms with E-state index in [-0.39, 0.29) is 5.69 Å². The van der Waals surface area contributed by atoms with E-state index in [1.54, 1.807) is 6.07 Å². The van der Waals surface area contributed by atoms with E-state index in [0.29, 0.717) is 23.7 Å². The number of non-ortho nitro benzene ring substituents is 1. The van der Waals surface area contributed by atoms with E-state index >= 15 is 0 Å². The molecule has 0 aromatic heterocycles. The molecule has 6 nitrogen and oxygen atoms in total. The Labute approximate surface area is 145 Å². The van der Waals surface area contributed by atoms with Crippen molar-refractivity contribution >= 4 is 17.5 Å². The quantitative estimate of drug-likeness (QED) is 0.668. The highest BCUT2D eigenvalue weighted by atomic mass is 16.6. The van der Waals surface area contributed by atoms with E-state index in [1.165, 1.54) is 12.1 Å². The molecule has 1 N–H and O–H groups in total. The third-order valence-electron chi connectivity index (χ3n) is 4.56. The number of hydrogen-bond donors (Lipinski definition) is 1. The molecule has 0 saturated heterocycles. The Morgan fingerprint density at radius 2 is 2.04 bits per heavy atom. The summed E-state index contributed by atoms with van der Waals surface area (Å²) in [6.45, 7) is 4.40. The summed E-state index contributed by atoms with van der Waals surface area (Å²) in [5.41, 5.74) is 2.62. The molecule has 2 aromatic rings. The van der Waals surface area contributed by atoms with Gasteiger partial charge >= 0.3 is 0 Å². The Hall–Kier alpha value is -2.86. The van der Waals surface area contributed by atoms with Crippen molar-refractivity contribution < 1.29 is 14.8 Å². The van der Waals surface area contributed by atoms with Crippen LogP contribution in [0.15, 0.2) is 48.2 Å². The largest absolute Gasteiger partial charge is 0.484 e. The van der Waals surface area contributed by atoms with Gasteiger partial charge in [0, 0.05) is 12.1 Å². The molecule has 0 fully saturated rings. The standard InChI is InChI=1S/C19H18N2O4/c1-19(2)11-20(15-10-13(21(23)24)7-8-17(15)25-19)16-9-12-5-3-4-6-14(12)18(16)22/h3-10,18,22H,11H2,1-2H3. The lowest BCUT2D eigenvalue weighted by Gasteiger charge is -2.42. The van der Waals surface area contributed by atoms with Crippen molar-refractivity contribution in [2.75, 3.05) is 11.4 Å². The van der Waals surface area contributed by atoms with Crippen LogP contribution in [-0.2, 0) is 0 Å². The average molecular weight is 338 g/mol. The highest BCUT2D eigenvalue weighted by Gasteiger charge is 2.38. The summed E-state index contributed by atoms with van der Waals surface area (Å²) >= 11 is 0. The van der Waals surface area contributed by atoms with Gasteiger partial charge in [0.25, 0.3) is 5.69 Å². The van der Waals surface area contributed by atoms with Crippen LogP contribution in [0.2, 0.25) is 0 Å². The summed E-state index contributed by atoms with van der Waals surface area (Å²) in [6, 6.07) is 12.2. The molecular formula is C19H18N2O4. The van der Waals surface area contributed by atoms with Crippen LogP contribution in [0.1, 0.15) is 31.1 Å². The maximum Gasteiger partial charge on any atom is 0.271 e. The second-order valence-corrected chi connectivity index (χ2v) is 6.96. The van der Waals surface area contributed by atoms with Crippen LogP contribution in [0.3, 0.4) is 0 Å². The minimum absolute atomic E-state index is 0.00217. The Kier molecular flexibility index (Phi) is 3.33. The topological polar surface area (TPSA) is 75.8 Å². The van der Waals surface area contributed by atoms with Crippen LogP contribution < -0.4 is 9.64 Å². The number of anilines is 1. The second-order valence-electron chi connectivity index (χ2n) is 6.96. The summed E-state index contributed by atoms with van der Waals surface area (Å²) < 4.78 is 5.98. The fraction of sp³-hybridized carbons (Fsp3) is 0.263. The molecule has 1 aliphatic heterocycles. The summed E-state index contributed by atoms with van der Waals surface area (Å²) in [5.74, 6) is 0.575. The normalized spacial score (nSPS) is 20.4. The smallest absolute Gasteiger partial charge is 0.271 e. The summed E-state index contributed by atoms with van der Waals surface area (Å²) in [7, 11) is 0.